The molecule has 0 spiro atoms. The molecule has 0 radical (unpaired) electrons. The zero-order valence-electron chi connectivity index (χ0n) is 12.6. The Bertz CT molecular complexity index is 552. The second kappa shape index (κ2) is 7.02. The molecule has 5 heteroatoms. The summed E-state index contributed by atoms with van der Waals surface area (Å²) in [7, 11) is 0. The Morgan fingerprint density at radius 3 is 2.52 bits per heavy atom. The third kappa shape index (κ3) is 3.48. The largest absolute Gasteiger partial charge is 0.480 e. The first-order chi connectivity index (χ1) is 10.2. The summed E-state index contributed by atoms with van der Waals surface area (Å²) in [6.45, 7) is 6.21. The van der Waals surface area contributed by atoms with Crippen molar-refractivity contribution in [2.24, 2.45) is 15.9 Å². The van der Waals surface area contributed by atoms with Crippen LogP contribution in [0.25, 0.3) is 0 Å². The van der Waals surface area contributed by atoms with Crippen LogP contribution in [0.5, 0.6) is 0 Å². The Morgan fingerprint density at radius 1 is 1.19 bits per heavy atom. The van der Waals surface area contributed by atoms with Crippen LogP contribution in [0.3, 0.4) is 0 Å². The molecule has 1 aliphatic rings. The maximum atomic E-state index is 12.3. The second-order valence-electron chi connectivity index (χ2n) is 4.64. The fourth-order valence-corrected chi connectivity index (χ4v) is 2.32. The van der Waals surface area contributed by atoms with Gasteiger partial charge in [-0.25, -0.2) is 4.99 Å². The van der Waals surface area contributed by atoms with Gasteiger partial charge in [-0.3, -0.25) is 9.79 Å². The van der Waals surface area contributed by atoms with Crippen molar-refractivity contribution in [2.45, 2.75) is 26.8 Å². The molecular formula is C16H20N2O3. The Kier molecular flexibility index (Phi) is 5.09. The van der Waals surface area contributed by atoms with Crippen LogP contribution in [0.2, 0.25) is 0 Å². The summed E-state index contributed by atoms with van der Waals surface area (Å²) in [4.78, 5) is 21.1. The van der Waals surface area contributed by atoms with Crippen molar-refractivity contribution in [3.05, 3.63) is 35.9 Å². The number of ether oxygens (including phenoxy) is 2. The number of hydrogen-bond acceptors (Lipinski definition) is 5. The van der Waals surface area contributed by atoms with Crippen molar-refractivity contribution >= 4 is 17.7 Å². The molecule has 1 aromatic rings. The predicted molar refractivity (Wildman–Crippen MR) is 81.5 cm³/mol. The average Bonchev–Trinajstić information content (AvgIpc) is 2.48. The van der Waals surface area contributed by atoms with Crippen molar-refractivity contribution in [2.75, 3.05) is 13.2 Å². The highest BCUT2D eigenvalue weighted by atomic mass is 16.5. The number of benzene rings is 1. The molecule has 0 amide bonds. The molecule has 0 N–H and O–H groups in total. The highest BCUT2D eigenvalue weighted by Crippen LogP contribution is 2.32. The summed E-state index contributed by atoms with van der Waals surface area (Å²) in [5, 5.41) is 0. The summed E-state index contributed by atoms with van der Waals surface area (Å²) in [6.07, 6.45) is 0. The van der Waals surface area contributed by atoms with Gasteiger partial charge < -0.3 is 9.47 Å². The highest BCUT2D eigenvalue weighted by molar-refractivity contribution is 6.06. The summed E-state index contributed by atoms with van der Waals surface area (Å²) in [6, 6.07) is 9.32. The molecule has 0 saturated carbocycles. The topological polar surface area (TPSA) is 60.2 Å². The zero-order chi connectivity index (χ0) is 15.2. The summed E-state index contributed by atoms with van der Waals surface area (Å²) in [5.41, 5.74) is 0.946. The molecule has 0 saturated heterocycles. The predicted octanol–water partition coefficient (Wildman–Crippen LogP) is 2.77. The van der Waals surface area contributed by atoms with Gasteiger partial charge >= 0.3 is 5.97 Å². The molecule has 1 aromatic carbocycles. The van der Waals surface area contributed by atoms with Gasteiger partial charge in [-0.15, -0.1) is 0 Å². The lowest BCUT2D eigenvalue weighted by molar-refractivity contribution is -0.146. The van der Waals surface area contributed by atoms with E-state index in [1.165, 1.54) is 0 Å². The number of nitrogens with zero attached hydrogens (tertiary/aromatic N) is 2. The Hall–Kier alpha value is -2.17. The van der Waals surface area contributed by atoms with E-state index in [-0.39, 0.29) is 12.0 Å². The Labute approximate surface area is 124 Å². The normalized spacial score (nSPS) is 21.3. The quantitative estimate of drug-likeness (QED) is 0.800. The second-order valence-corrected chi connectivity index (χ2v) is 4.64. The van der Waals surface area contributed by atoms with Crippen molar-refractivity contribution in [1.82, 2.24) is 0 Å². The molecular weight excluding hydrogens is 268 g/mol. The molecule has 0 aliphatic carbocycles. The van der Waals surface area contributed by atoms with Crippen LogP contribution in [-0.2, 0) is 14.3 Å². The number of aliphatic imine (C=N–C) groups is 2. The fourth-order valence-electron chi connectivity index (χ4n) is 2.32. The van der Waals surface area contributed by atoms with Gasteiger partial charge in [-0.05, 0) is 26.3 Å². The van der Waals surface area contributed by atoms with Crippen LogP contribution in [0.15, 0.2) is 40.3 Å². The standard InChI is InChI=1S/C16H20N2O3/c1-4-20-15-13(16(19)21-5-2)14(17-11(3)18-15)12-9-7-6-8-10-12/h6-10,13-14H,4-5H2,1-3H3. The first-order valence-corrected chi connectivity index (χ1v) is 7.14. The fraction of sp³-hybridized carbons (Fsp3) is 0.438. The van der Waals surface area contributed by atoms with E-state index in [4.69, 9.17) is 9.47 Å². The molecule has 1 aliphatic heterocycles. The molecule has 1 heterocycles. The van der Waals surface area contributed by atoms with E-state index in [1.54, 1.807) is 13.8 Å². The third-order valence-corrected chi connectivity index (χ3v) is 3.15. The molecule has 2 atom stereocenters. The first kappa shape index (κ1) is 15.2. The van der Waals surface area contributed by atoms with Crippen LogP contribution in [0.1, 0.15) is 32.4 Å². The average molecular weight is 288 g/mol. The van der Waals surface area contributed by atoms with Gasteiger partial charge in [0.25, 0.3) is 0 Å². The van der Waals surface area contributed by atoms with Gasteiger partial charge in [0.2, 0.25) is 5.90 Å². The van der Waals surface area contributed by atoms with Gasteiger partial charge in [0.1, 0.15) is 5.84 Å². The first-order valence-electron chi connectivity index (χ1n) is 7.14. The monoisotopic (exact) mass is 288 g/mol. The van der Waals surface area contributed by atoms with E-state index in [2.05, 4.69) is 9.98 Å². The smallest absolute Gasteiger partial charge is 0.320 e. The maximum absolute atomic E-state index is 12.3. The third-order valence-electron chi connectivity index (χ3n) is 3.15. The van der Waals surface area contributed by atoms with Crippen LogP contribution < -0.4 is 0 Å². The summed E-state index contributed by atoms with van der Waals surface area (Å²) in [5.74, 6) is 0.0101. The number of amidine groups is 1. The number of carbonyl (C=O) groups is 1. The van der Waals surface area contributed by atoms with E-state index in [9.17, 15) is 4.79 Å². The molecule has 2 unspecified atom stereocenters. The lowest BCUT2D eigenvalue weighted by atomic mass is 9.92. The number of rotatable bonds is 4. The molecule has 2 rings (SSSR count). The molecule has 0 aromatic heterocycles. The van der Waals surface area contributed by atoms with E-state index in [0.717, 1.165) is 5.56 Å². The minimum Gasteiger partial charge on any atom is -0.480 e. The van der Waals surface area contributed by atoms with Gasteiger partial charge in [0.15, 0.2) is 5.92 Å². The van der Waals surface area contributed by atoms with E-state index in [0.29, 0.717) is 24.9 Å². The number of carbonyl (C=O) groups excluding carboxylic acids is 1. The Balaban J connectivity index is 2.40. The van der Waals surface area contributed by atoms with Crippen molar-refractivity contribution in [3.63, 3.8) is 0 Å². The zero-order valence-corrected chi connectivity index (χ0v) is 12.6. The molecule has 5 nitrogen and oxygen atoms in total. The maximum Gasteiger partial charge on any atom is 0.320 e. The minimum atomic E-state index is -0.629. The molecule has 21 heavy (non-hydrogen) atoms. The van der Waals surface area contributed by atoms with E-state index >= 15 is 0 Å². The van der Waals surface area contributed by atoms with Crippen LogP contribution >= 0.6 is 0 Å². The highest BCUT2D eigenvalue weighted by Gasteiger charge is 2.39. The summed E-state index contributed by atoms with van der Waals surface area (Å²) < 4.78 is 10.7. The minimum absolute atomic E-state index is 0.318. The van der Waals surface area contributed by atoms with Crippen LogP contribution in [0.4, 0.5) is 0 Å². The van der Waals surface area contributed by atoms with Gasteiger partial charge in [-0.1, -0.05) is 30.3 Å². The van der Waals surface area contributed by atoms with Crippen LogP contribution in [-0.4, -0.2) is 30.9 Å². The van der Waals surface area contributed by atoms with Crippen LogP contribution in [0, 0.1) is 5.92 Å². The SMILES string of the molecule is CCOC(=O)C1C(OCC)=NC(C)=NC1c1ccccc1. The van der Waals surface area contributed by atoms with Gasteiger partial charge in [-0.2, -0.15) is 0 Å². The van der Waals surface area contributed by atoms with E-state index in [1.807, 2.05) is 37.3 Å². The summed E-state index contributed by atoms with van der Waals surface area (Å²) >= 11 is 0. The van der Waals surface area contributed by atoms with Gasteiger partial charge in [0.05, 0.1) is 19.3 Å². The molecule has 0 fully saturated rings. The van der Waals surface area contributed by atoms with Crippen molar-refractivity contribution < 1.29 is 14.3 Å². The molecule has 0 bridgehead atoms. The van der Waals surface area contributed by atoms with Gasteiger partial charge in [0, 0.05) is 0 Å². The lowest BCUT2D eigenvalue weighted by Crippen LogP contribution is -2.36. The number of hydrogen-bond donors (Lipinski definition) is 0. The van der Waals surface area contributed by atoms with Crippen molar-refractivity contribution in [1.29, 1.82) is 0 Å². The van der Waals surface area contributed by atoms with E-state index < -0.39 is 5.92 Å². The molecule has 112 valence electrons. The lowest BCUT2D eigenvalue weighted by Gasteiger charge is -2.27. The van der Waals surface area contributed by atoms with Crippen molar-refractivity contribution in [3.8, 4) is 0 Å². The number of esters is 1. The Morgan fingerprint density at radius 2 is 1.90 bits per heavy atom.